The minimum absolute atomic E-state index is 0.112. The maximum atomic E-state index is 12.7. The van der Waals surface area contributed by atoms with Gasteiger partial charge >= 0.3 is 5.69 Å². The van der Waals surface area contributed by atoms with Crippen molar-refractivity contribution in [3.8, 4) is 0 Å². The van der Waals surface area contributed by atoms with Gasteiger partial charge in [-0.1, -0.05) is 35.0 Å². The maximum absolute atomic E-state index is 12.7. The largest absolute Gasteiger partial charge is 0.323 e. The van der Waals surface area contributed by atoms with Crippen LogP contribution in [0.1, 0.15) is 24.9 Å². The highest BCUT2D eigenvalue weighted by Gasteiger charge is 2.21. The van der Waals surface area contributed by atoms with Crippen molar-refractivity contribution >= 4 is 37.0 Å². The van der Waals surface area contributed by atoms with E-state index in [2.05, 4.69) is 30.6 Å². The van der Waals surface area contributed by atoms with Crippen LogP contribution in [0.5, 0.6) is 0 Å². The topological polar surface area (TPSA) is 94.8 Å². The number of aromatic amines is 2. The summed E-state index contributed by atoms with van der Waals surface area (Å²) in [4.78, 5) is 16.6. The Bertz CT molecular complexity index is 1020. The van der Waals surface area contributed by atoms with Crippen molar-refractivity contribution in [2.75, 3.05) is 0 Å². The van der Waals surface area contributed by atoms with Crippen LogP contribution >= 0.6 is 15.9 Å². The van der Waals surface area contributed by atoms with E-state index in [1.54, 1.807) is 6.07 Å². The predicted octanol–water partition coefficient (Wildman–Crippen LogP) is 3.05. The van der Waals surface area contributed by atoms with E-state index in [0.29, 0.717) is 17.5 Å². The molecular weight excluding hydrogens is 394 g/mol. The van der Waals surface area contributed by atoms with Crippen molar-refractivity contribution in [2.45, 2.75) is 24.3 Å². The van der Waals surface area contributed by atoms with Crippen molar-refractivity contribution in [1.29, 1.82) is 0 Å². The van der Waals surface area contributed by atoms with Gasteiger partial charge in [-0.2, -0.15) is 0 Å². The Labute approximate surface area is 147 Å². The first-order chi connectivity index (χ1) is 11.4. The fourth-order valence-corrected chi connectivity index (χ4v) is 4.11. The Balaban J connectivity index is 1.92. The summed E-state index contributed by atoms with van der Waals surface area (Å²) in [5.41, 5.74) is 1.55. The number of hydrogen-bond acceptors (Lipinski definition) is 3. The molecule has 0 saturated carbocycles. The van der Waals surface area contributed by atoms with Gasteiger partial charge in [-0.3, -0.25) is 0 Å². The summed E-state index contributed by atoms with van der Waals surface area (Å²) in [7, 11) is -3.71. The monoisotopic (exact) mass is 409 g/mol. The molecule has 0 unspecified atom stereocenters. The number of nitrogens with one attached hydrogen (secondary N) is 3. The summed E-state index contributed by atoms with van der Waals surface area (Å²) in [5.74, 6) is 0. The molecule has 2 aromatic carbocycles. The third-order valence-corrected chi connectivity index (χ3v) is 5.77. The second-order valence-corrected chi connectivity index (χ2v) is 8.05. The molecule has 1 aromatic heterocycles. The van der Waals surface area contributed by atoms with Crippen LogP contribution in [0.15, 0.2) is 56.6 Å². The zero-order valence-electron chi connectivity index (χ0n) is 12.8. The van der Waals surface area contributed by atoms with Gasteiger partial charge in [0.2, 0.25) is 10.0 Å². The van der Waals surface area contributed by atoms with Crippen LogP contribution in [-0.4, -0.2) is 18.4 Å². The van der Waals surface area contributed by atoms with Gasteiger partial charge in [-0.25, -0.2) is 17.9 Å². The van der Waals surface area contributed by atoms with Gasteiger partial charge in [-0.05, 0) is 42.3 Å². The highest BCUT2D eigenvalue weighted by molar-refractivity contribution is 9.10. The molecular formula is C16H16BrN3O3S. The number of benzene rings is 2. The average Bonchev–Trinajstić information content (AvgIpc) is 2.92. The lowest BCUT2D eigenvalue weighted by molar-refractivity contribution is 0.550. The molecule has 0 aliphatic heterocycles. The van der Waals surface area contributed by atoms with Crippen molar-refractivity contribution in [1.82, 2.24) is 14.7 Å². The molecule has 3 N–H and O–H groups in total. The predicted molar refractivity (Wildman–Crippen MR) is 96.4 cm³/mol. The Hall–Kier alpha value is -1.90. The number of imidazole rings is 1. The standard InChI is InChI=1S/C16H16BrN3O3S/c1-2-13(10-3-5-11(17)6-4-10)20-24(22,23)12-7-8-14-15(9-12)19-16(21)18-14/h3-9,13,20H,2H2,1H3,(H2,18,19,21)/t13-/m0/s1. The Morgan fingerprint density at radius 3 is 2.42 bits per heavy atom. The van der Waals surface area contributed by atoms with Gasteiger partial charge in [0.15, 0.2) is 0 Å². The molecule has 0 spiro atoms. The fourth-order valence-electron chi connectivity index (χ4n) is 2.52. The molecule has 6 nitrogen and oxygen atoms in total. The molecule has 0 amide bonds. The zero-order chi connectivity index (χ0) is 17.3. The van der Waals surface area contributed by atoms with Crippen molar-refractivity contribution in [3.05, 3.63) is 63.0 Å². The fraction of sp³-hybridized carbons (Fsp3) is 0.188. The van der Waals surface area contributed by atoms with E-state index in [4.69, 9.17) is 0 Å². The lowest BCUT2D eigenvalue weighted by Crippen LogP contribution is -2.28. The highest BCUT2D eigenvalue weighted by Crippen LogP contribution is 2.23. The summed E-state index contributed by atoms with van der Waals surface area (Å²) < 4.78 is 29.0. The second-order valence-electron chi connectivity index (χ2n) is 5.42. The number of H-pyrrole nitrogens is 2. The first-order valence-electron chi connectivity index (χ1n) is 7.39. The van der Waals surface area contributed by atoms with Crippen LogP contribution < -0.4 is 10.4 Å². The molecule has 8 heteroatoms. The van der Waals surface area contributed by atoms with Gasteiger partial charge in [-0.15, -0.1) is 0 Å². The highest BCUT2D eigenvalue weighted by atomic mass is 79.9. The van der Waals surface area contributed by atoms with E-state index in [1.807, 2.05) is 31.2 Å². The first kappa shape index (κ1) is 16.9. The quantitative estimate of drug-likeness (QED) is 0.604. The normalized spacial score (nSPS) is 13.2. The van der Waals surface area contributed by atoms with Gasteiger partial charge in [0.25, 0.3) is 0 Å². The van der Waals surface area contributed by atoms with Crippen LogP contribution in [0.3, 0.4) is 0 Å². The molecule has 126 valence electrons. The minimum Gasteiger partial charge on any atom is -0.306 e. The lowest BCUT2D eigenvalue weighted by Gasteiger charge is -2.17. The summed E-state index contributed by atoms with van der Waals surface area (Å²) in [5, 5.41) is 0. The number of rotatable bonds is 5. The van der Waals surface area contributed by atoms with Crippen LogP contribution in [0.2, 0.25) is 0 Å². The van der Waals surface area contributed by atoms with E-state index < -0.39 is 10.0 Å². The molecule has 24 heavy (non-hydrogen) atoms. The third kappa shape index (κ3) is 3.45. The van der Waals surface area contributed by atoms with E-state index in [9.17, 15) is 13.2 Å². The van der Waals surface area contributed by atoms with Crippen molar-refractivity contribution in [2.24, 2.45) is 0 Å². The molecule has 1 heterocycles. The van der Waals surface area contributed by atoms with E-state index >= 15 is 0 Å². The Morgan fingerprint density at radius 1 is 1.08 bits per heavy atom. The SMILES string of the molecule is CC[C@H](NS(=O)(=O)c1ccc2[nH]c(=O)[nH]c2c1)c1ccc(Br)cc1. The molecule has 3 aromatic rings. The molecule has 0 aliphatic rings. The molecule has 3 rings (SSSR count). The molecule has 0 bridgehead atoms. The third-order valence-electron chi connectivity index (χ3n) is 3.78. The molecule has 1 atom stereocenters. The van der Waals surface area contributed by atoms with Crippen LogP contribution in [0.25, 0.3) is 11.0 Å². The number of hydrogen-bond donors (Lipinski definition) is 3. The lowest BCUT2D eigenvalue weighted by atomic mass is 10.1. The van der Waals surface area contributed by atoms with Crippen LogP contribution in [0.4, 0.5) is 0 Å². The van der Waals surface area contributed by atoms with Gasteiger partial charge in [0.05, 0.1) is 15.9 Å². The molecule has 0 saturated heterocycles. The average molecular weight is 410 g/mol. The van der Waals surface area contributed by atoms with E-state index in [0.717, 1.165) is 10.0 Å². The van der Waals surface area contributed by atoms with Crippen molar-refractivity contribution < 1.29 is 8.42 Å². The summed E-state index contributed by atoms with van der Waals surface area (Å²) >= 11 is 3.37. The summed E-state index contributed by atoms with van der Waals surface area (Å²) in [6, 6.07) is 11.7. The van der Waals surface area contributed by atoms with Crippen molar-refractivity contribution in [3.63, 3.8) is 0 Å². The van der Waals surface area contributed by atoms with E-state index in [-0.39, 0.29) is 16.6 Å². The minimum atomic E-state index is -3.71. The summed E-state index contributed by atoms with van der Waals surface area (Å²) in [6.07, 6.45) is 0.615. The number of fused-ring (bicyclic) bond motifs is 1. The van der Waals surface area contributed by atoms with Gasteiger partial charge < -0.3 is 9.97 Å². The molecule has 0 fully saturated rings. The number of aromatic nitrogens is 2. The van der Waals surface area contributed by atoms with Crippen LogP contribution in [-0.2, 0) is 10.0 Å². The Kier molecular flexibility index (Phi) is 4.62. The molecule has 0 radical (unpaired) electrons. The smallest absolute Gasteiger partial charge is 0.306 e. The van der Waals surface area contributed by atoms with Gasteiger partial charge in [0, 0.05) is 10.5 Å². The molecule has 0 aliphatic carbocycles. The first-order valence-corrected chi connectivity index (χ1v) is 9.66. The number of sulfonamides is 1. The second kappa shape index (κ2) is 6.54. The Morgan fingerprint density at radius 2 is 1.75 bits per heavy atom. The van der Waals surface area contributed by atoms with E-state index in [1.165, 1.54) is 12.1 Å². The number of halogens is 1. The summed E-state index contributed by atoms with van der Waals surface area (Å²) in [6.45, 7) is 1.92. The van der Waals surface area contributed by atoms with Gasteiger partial charge in [0.1, 0.15) is 0 Å². The maximum Gasteiger partial charge on any atom is 0.323 e. The zero-order valence-corrected chi connectivity index (χ0v) is 15.2. The van der Waals surface area contributed by atoms with Crippen LogP contribution in [0, 0.1) is 0 Å².